The quantitative estimate of drug-likeness (QED) is 0.377. The molecule has 1 aliphatic heterocycles. The summed E-state index contributed by atoms with van der Waals surface area (Å²) in [6.45, 7) is 14.3. The predicted molar refractivity (Wildman–Crippen MR) is 142 cm³/mol. The molecule has 5 rings (SSSR count). The van der Waals surface area contributed by atoms with Crippen LogP contribution in [0, 0.1) is 0 Å². The molecule has 2 aromatic rings. The van der Waals surface area contributed by atoms with Crippen molar-refractivity contribution in [2.75, 3.05) is 0 Å². The topological polar surface area (TPSA) is 0 Å². The second-order valence-electron chi connectivity index (χ2n) is 10.6. The number of rotatable bonds is 8. The van der Waals surface area contributed by atoms with Crippen LogP contribution < -0.4 is 24.8 Å². The van der Waals surface area contributed by atoms with Crippen molar-refractivity contribution in [3.8, 4) is 0 Å². The predicted octanol–water partition coefficient (Wildman–Crippen LogP) is 3.34. The minimum absolute atomic E-state index is 0. The number of aryl methyl sites for hydroxylation is 4. The van der Waals surface area contributed by atoms with E-state index in [1.807, 2.05) is 0 Å². The summed E-state index contributed by atoms with van der Waals surface area (Å²) in [5, 5.41) is 0. The molecule has 0 nitrogen and oxygen atoms in total. The van der Waals surface area contributed by atoms with E-state index in [-0.39, 0.29) is 24.8 Å². The Kier molecular flexibility index (Phi) is 9.43. The molecular weight excluding hydrogens is 634 g/mol. The molecule has 0 radical (unpaired) electrons. The van der Waals surface area contributed by atoms with Gasteiger partial charge in [-0.15, -0.1) is 0 Å². The Labute approximate surface area is 231 Å². The van der Waals surface area contributed by atoms with Gasteiger partial charge >= 0.3 is 208 Å². The average molecular weight is 676 g/mol. The largest absolute Gasteiger partial charge is 1.00 e. The van der Waals surface area contributed by atoms with Crippen LogP contribution in [-0.4, -0.2) is 0 Å². The summed E-state index contributed by atoms with van der Waals surface area (Å²) in [7, 11) is 0. The third-order valence-electron chi connectivity index (χ3n) is 9.23. The molecule has 1 heterocycles. The van der Waals surface area contributed by atoms with E-state index in [9.17, 15) is 0 Å². The van der Waals surface area contributed by atoms with Crippen LogP contribution in [0.2, 0.25) is 8.35 Å². The molecule has 2 unspecified atom stereocenters. The van der Waals surface area contributed by atoms with Gasteiger partial charge in [-0.05, 0) is 0 Å². The first-order chi connectivity index (χ1) is 16.1. The molecule has 2 atom stereocenters. The van der Waals surface area contributed by atoms with Gasteiger partial charge in [0.15, 0.2) is 0 Å². The minimum Gasteiger partial charge on any atom is -1.00 e. The molecule has 0 N–H and O–H groups in total. The first kappa shape index (κ1) is 28.9. The molecule has 0 amide bonds. The minimum atomic E-state index is -2.72. The van der Waals surface area contributed by atoms with Crippen molar-refractivity contribution >= 4 is 12.2 Å². The van der Waals surface area contributed by atoms with Crippen molar-refractivity contribution in [2.45, 2.75) is 95.8 Å². The van der Waals surface area contributed by atoms with E-state index in [4.69, 9.17) is 0 Å². The van der Waals surface area contributed by atoms with Gasteiger partial charge in [0, 0.05) is 0 Å². The summed E-state index contributed by atoms with van der Waals surface area (Å²) in [4.78, 5) is 0. The summed E-state index contributed by atoms with van der Waals surface area (Å²) < 4.78 is 4.82. The van der Waals surface area contributed by atoms with Gasteiger partial charge in [-0.25, -0.2) is 0 Å². The Hall–Kier alpha value is -0.630. The van der Waals surface area contributed by atoms with Crippen molar-refractivity contribution in [3.05, 3.63) is 79.9 Å². The number of hydrogen-bond donors (Lipinski definition) is 0. The van der Waals surface area contributed by atoms with Gasteiger partial charge in [-0.1, -0.05) is 0 Å². The zero-order chi connectivity index (χ0) is 23.3. The van der Waals surface area contributed by atoms with Crippen LogP contribution >= 0.6 is 0 Å². The Morgan fingerprint density at radius 1 is 0.543 bits per heavy atom. The van der Waals surface area contributed by atoms with Gasteiger partial charge in [0.2, 0.25) is 0 Å². The van der Waals surface area contributed by atoms with Gasteiger partial charge < -0.3 is 24.8 Å². The molecule has 0 aromatic heterocycles. The number of fused-ring (bicyclic) bond motifs is 2. The third kappa shape index (κ3) is 4.40. The molecule has 188 valence electrons. The summed E-state index contributed by atoms with van der Waals surface area (Å²) >= 11 is -2.72. The fraction of sp³-hybridized carbons (Fsp3) is 0.500. The monoisotopic (exact) mass is 676 g/mol. The van der Waals surface area contributed by atoms with Crippen LogP contribution in [-0.2, 0) is 45.7 Å². The van der Waals surface area contributed by atoms with E-state index in [2.05, 4.69) is 78.0 Å². The number of hydrogen-bond acceptors (Lipinski definition) is 0. The first-order valence-corrected chi connectivity index (χ1v) is 23.0. The first-order valence-electron chi connectivity index (χ1n) is 13.8. The van der Waals surface area contributed by atoms with Gasteiger partial charge in [-0.2, -0.15) is 0 Å². The van der Waals surface area contributed by atoms with E-state index >= 15 is 0 Å². The maximum absolute atomic E-state index is 2.72. The summed E-state index contributed by atoms with van der Waals surface area (Å²) in [6.07, 6.45) is 12.5. The van der Waals surface area contributed by atoms with Gasteiger partial charge in [0.1, 0.15) is 0 Å². The fourth-order valence-electron chi connectivity index (χ4n) is 7.43. The zero-order valence-electron chi connectivity index (χ0n) is 22.5. The van der Waals surface area contributed by atoms with Crippen LogP contribution in [0.3, 0.4) is 0 Å². The standard InChI is InChI=1S/2C15H19.C2H4.2ClH.Hf/c2*1-4-11-9-14-12(5-2)7-8-13(6-3)15(14)10-11;1-2;;;/h2*7-10H,4-6H2,1-3H3;1-2H2;2*1H;/q;;;;;+2/p-2. The van der Waals surface area contributed by atoms with E-state index in [0.29, 0.717) is 0 Å². The Morgan fingerprint density at radius 3 is 1.17 bits per heavy atom. The SMILES string of the molecule is CCC1=Cc2c(CC)ccc(CC)c2[CH]1[Hf+2]1([CH]2C(CC)=Cc3c(CC)ccc(CC)c32)[CH2][CH2]1.[Cl-].[Cl-]. The van der Waals surface area contributed by atoms with E-state index in [1.165, 1.54) is 25.7 Å². The second-order valence-corrected chi connectivity index (χ2v) is 27.2. The molecule has 0 saturated carbocycles. The molecule has 3 heteroatoms. The maximum Gasteiger partial charge on any atom is -1.00 e. The van der Waals surface area contributed by atoms with Gasteiger partial charge in [-0.3, -0.25) is 0 Å². The smallest absolute Gasteiger partial charge is 1.00 e. The van der Waals surface area contributed by atoms with Crippen LogP contribution in [0.1, 0.15) is 106 Å². The Morgan fingerprint density at radius 2 is 0.886 bits per heavy atom. The van der Waals surface area contributed by atoms with Crippen molar-refractivity contribution in [1.82, 2.24) is 0 Å². The Balaban J connectivity index is 0.00000171. The zero-order valence-corrected chi connectivity index (χ0v) is 27.6. The van der Waals surface area contributed by atoms with Crippen LogP contribution in [0.25, 0.3) is 12.2 Å². The summed E-state index contributed by atoms with van der Waals surface area (Å²) in [5.74, 6) is 0. The van der Waals surface area contributed by atoms with E-state index in [1.54, 1.807) is 64.0 Å². The van der Waals surface area contributed by atoms with Gasteiger partial charge in [0.05, 0.1) is 0 Å². The van der Waals surface area contributed by atoms with Crippen molar-refractivity contribution in [1.29, 1.82) is 0 Å². The molecule has 1 saturated heterocycles. The second kappa shape index (κ2) is 11.4. The van der Waals surface area contributed by atoms with Crippen molar-refractivity contribution < 1.29 is 44.8 Å². The molecule has 2 aliphatic carbocycles. The summed E-state index contributed by atoms with van der Waals surface area (Å²) in [6, 6.07) is 9.86. The van der Waals surface area contributed by atoms with Gasteiger partial charge in [0.25, 0.3) is 0 Å². The van der Waals surface area contributed by atoms with Crippen LogP contribution in [0.15, 0.2) is 35.4 Å². The maximum atomic E-state index is 2.67. The fourth-order valence-corrected chi connectivity index (χ4v) is 36.3. The Bertz CT molecular complexity index is 1070. The molecular formula is C32H42Cl2Hf. The average Bonchev–Trinajstić information content (AvgIpc) is 3.38. The van der Waals surface area contributed by atoms with Crippen molar-refractivity contribution in [2.24, 2.45) is 0 Å². The van der Waals surface area contributed by atoms with E-state index < -0.39 is 20.0 Å². The number of halogens is 2. The van der Waals surface area contributed by atoms with Crippen LogP contribution in [0.4, 0.5) is 0 Å². The van der Waals surface area contributed by atoms with Crippen molar-refractivity contribution in [3.63, 3.8) is 0 Å². The molecule has 2 aromatic carbocycles. The molecule has 1 fully saturated rings. The molecule has 0 bridgehead atoms. The van der Waals surface area contributed by atoms with E-state index in [0.717, 1.165) is 20.2 Å². The normalized spacial score (nSPS) is 19.9. The van der Waals surface area contributed by atoms with Crippen LogP contribution in [0.5, 0.6) is 0 Å². The number of benzene rings is 2. The molecule has 35 heavy (non-hydrogen) atoms. The molecule has 3 aliphatic rings. The third-order valence-corrected chi connectivity index (χ3v) is 28.2. The number of allylic oxidation sites excluding steroid dienone is 2. The summed E-state index contributed by atoms with van der Waals surface area (Å²) in [5.41, 5.74) is 17.0. The molecule has 0 spiro atoms.